The Morgan fingerprint density at radius 1 is 1.37 bits per heavy atom. The molecule has 0 radical (unpaired) electrons. The maximum atomic E-state index is 12.1. The maximum Gasteiger partial charge on any atom is 0.242 e. The number of sulfonamides is 1. The third-order valence-electron chi connectivity index (χ3n) is 2.71. The Morgan fingerprint density at radius 2 is 2.00 bits per heavy atom. The van der Waals surface area contributed by atoms with Crippen molar-refractivity contribution in [2.75, 3.05) is 12.3 Å². The molecule has 4 N–H and O–H groups in total. The zero-order valence-electron chi connectivity index (χ0n) is 11.6. The van der Waals surface area contributed by atoms with Crippen molar-refractivity contribution >= 4 is 15.7 Å². The fourth-order valence-electron chi connectivity index (χ4n) is 1.82. The first kappa shape index (κ1) is 15.9. The van der Waals surface area contributed by atoms with Crippen molar-refractivity contribution in [2.24, 2.45) is 5.92 Å². The van der Waals surface area contributed by atoms with E-state index in [0.717, 1.165) is 5.56 Å². The largest absolute Gasteiger partial charge is 0.398 e. The predicted octanol–water partition coefficient (Wildman–Crippen LogP) is 1.26. The number of rotatable bonds is 6. The van der Waals surface area contributed by atoms with Crippen LogP contribution in [0.2, 0.25) is 0 Å². The molecule has 0 bridgehead atoms. The number of aliphatic hydroxyl groups is 1. The van der Waals surface area contributed by atoms with Crippen LogP contribution in [-0.2, 0) is 10.0 Å². The summed E-state index contributed by atoms with van der Waals surface area (Å²) in [6.07, 6.45) is -0.146. The molecule has 1 aromatic rings. The smallest absolute Gasteiger partial charge is 0.242 e. The summed E-state index contributed by atoms with van der Waals surface area (Å²) in [6.45, 7) is 5.77. The van der Waals surface area contributed by atoms with Crippen LogP contribution in [0.15, 0.2) is 23.1 Å². The van der Waals surface area contributed by atoms with E-state index in [9.17, 15) is 13.5 Å². The van der Waals surface area contributed by atoms with Crippen LogP contribution in [0.5, 0.6) is 0 Å². The highest BCUT2D eigenvalue weighted by Gasteiger charge is 2.18. The second-order valence-corrected chi connectivity index (χ2v) is 6.91. The monoisotopic (exact) mass is 286 g/mol. The highest BCUT2D eigenvalue weighted by atomic mass is 32.2. The molecule has 6 heteroatoms. The van der Waals surface area contributed by atoms with Gasteiger partial charge in [-0.05, 0) is 37.0 Å². The highest BCUT2D eigenvalue weighted by Crippen LogP contribution is 2.19. The molecule has 1 aromatic carbocycles. The summed E-state index contributed by atoms with van der Waals surface area (Å²) in [5, 5.41) is 9.69. The van der Waals surface area contributed by atoms with Crippen molar-refractivity contribution in [2.45, 2.75) is 38.2 Å². The first-order valence-electron chi connectivity index (χ1n) is 6.26. The highest BCUT2D eigenvalue weighted by molar-refractivity contribution is 7.89. The summed E-state index contributed by atoms with van der Waals surface area (Å²) < 4.78 is 26.5. The molecular formula is C13H22N2O3S. The summed E-state index contributed by atoms with van der Waals surface area (Å²) in [5.74, 6) is 0.309. The minimum absolute atomic E-state index is 0.00612. The van der Waals surface area contributed by atoms with Gasteiger partial charge in [0.2, 0.25) is 10.0 Å². The van der Waals surface area contributed by atoms with E-state index in [0.29, 0.717) is 12.3 Å². The number of anilines is 1. The number of aryl methyl sites for hydroxylation is 1. The SMILES string of the molecule is Cc1ccc(S(=O)(=O)NCC(O)CC(C)C)c(N)c1. The molecular weight excluding hydrogens is 264 g/mol. The summed E-state index contributed by atoms with van der Waals surface area (Å²) >= 11 is 0. The summed E-state index contributed by atoms with van der Waals surface area (Å²) in [7, 11) is -3.67. The molecule has 0 aliphatic rings. The zero-order chi connectivity index (χ0) is 14.6. The summed E-state index contributed by atoms with van der Waals surface area (Å²) in [6, 6.07) is 4.77. The van der Waals surface area contributed by atoms with Crippen molar-refractivity contribution in [3.05, 3.63) is 23.8 Å². The second-order valence-electron chi connectivity index (χ2n) is 5.18. The van der Waals surface area contributed by atoms with Crippen molar-refractivity contribution in [1.29, 1.82) is 0 Å². The van der Waals surface area contributed by atoms with Gasteiger partial charge in [0, 0.05) is 6.54 Å². The molecule has 0 aliphatic carbocycles. The van der Waals surface area contributed by atoms with Gasteiger partial charge < -0.3 is 10.8 Å². The fourth-order valence-corrected chi connectivity index (χ4v) is 3.01. The van der Waals surface area contributed by atoms with E-state index in [1.807, 2.05) is 20.8 Å². The lowest BCUT2D eigenvalue weighted by Crippen LogP contribution is -2.33. The van der Waals surface area contributed by atoms with E-state index in [4.69, 9.17) is 5.73 Å². The standard InChI is InChI=1S/C13H22N2O3S/c1-9(2)6-11(16)8-15-19(17,18)13-5-4-10(3)7-12(13)14/h4-5,7,9,11,15-16H,6,8,14H2,1-3H3. The van der Waals surface area contributed by atoms with Crippen LogP contribution in [0.1, 0.15) is 25.8 Å². The van der Waals surface area contributed by atoms with Crippen LogP contribution in [0.25, 0.3) is 0 Å². The van der Waals surface area contributed by atoms with Crippen LogP contribution in [-0.4, -0.2) is 26.2 Å². The fraction of sp³-hybridized carbons (Fsp3) is 0.538. The van der Waals surface area contributed by atoms with E-state index in [1.165, 1.54) is 6.07 Å². The number of benzene rings is 1. The van der Waals surface area contributed by atoms with Gasteiger partial charge in [-0.25, -0.2) is 13.1 Å². The van der Waals surface area contributed by atoms with Crippen LogP contribution in [0.4, 0.5) is 5.69 Å². The van der Waals surface area contributed by atoms with Gasteiger partial charge in [-0.3, -0.25) is 0 Å². The van der Waals surface area contributed by atoms with E-state index in [-0.39, 0.29) is 17.1 Å². The normalized spacial score (nSPS) is 13.7. The van der Waals surface area contributed by atoms with Crippen molar-refractivity contribution in [3.8, 4) is 0 Å². The molecule has 0 saturated heterocycles. The third-order valence-corrected chi connectivity index (χ3v) is 4.20. The van der Waals surface area contributed by atoms with Gasteiger partial charge in [-0.15, -0.1) is 0 Å². The van der Waals surface area contributed by atoms with Gasteiger partial charge in [0.1, 0.15) is 4.90 Å². The molecule has 0 fully saturated rings. The van der Waals surface area contributed by atoms with E-state index in [2.05, 4.69) is 4.72 Å². The van der Waals surface area contributed by atoms with Gasteiger partial charge >= 0.3 is 0 Å². The Morgan fingerprint density at radius 3 is 2.53 bits per heavy atom. The van der Waals surface area contributed by atoms with Crippen LogP contribution in [0, 0.1) is 12.8 Å². The van der Waals surface area contributed by atoms with Crippen LogP contribution in [0.3, 0.4) is 0 Å². The molecule has 1 rings (SSSR count). The number of nitrogens with one attached hydrogen (secondary N) is 1. The van der Waals surface area contributed by atoms with E-state index in [1.54, 1.807) is 12.1 Å². The Kier molecular flexibility index (Phi) is 5.34. The van der Waals surface area contributed by atoms with Gasteiger partial charge in [-0.2, -0.15) is 0 Å². The lowest BCUT2D eigenvalue weighted by atomic mass is 10.1. The van der Waals surface area contributed by atoms with Gasteiger partial charge in [0.25, 0.3) is 0 Å². The number of aliphatic hydroxyl groups excluding tert-OH is 1. The lowest BCUT2D eigenvalue weighted by Gasteiger charge is -2.15. The zero-order valence-corrected chi connectivity index (χ0v) is 12.4. The summed E-state index contributed by atoms with van der Waals surface area (Å²) in [4.78, 5) is 0.0508. The van der Waals surface area contributed by atoms with E-state index < -0.39 is 16.1 Å². The Labute approximate surface area is 114 Å². The topological polar surface area (TPSA) is 92.4 Å². The van der Waals surface area contributed by atoms with Crippen molar-refractivity contribution in [3.63, 3.8) is 0 Å². The lowest BCUT2D eigenvalue weighted by molar-refractivity contribution is 0.152. The second kappa shape index (κ2) is 6.36. The summed E-state index contributed by atoms with van der Waals surface area (Å²) in [5.41, 5.74) is 6.83. The minimum atomic E-state index is -3.67. The number of hydrogen-bond acceptors (Lipinski definition) is 4. The van der Waals surface area contributed by atoms with Crippen molar-refractivity contribution in [1.82, 2.24) is 4.72 Å². The molecule has 108 valence electrons. The molecule has 0 spiro atoms. The molecule has 0 heterocycles. The van der Waals surface area contributed by atoms with Gasteiger partial charge in [0.15, 0.2) is 0 Å². The molecule has 0 aliphatic heterocycles. The first-order valence-corrected chi connectivity index (χ1v) is 7.74. The maximum absolute atomic E-state index is 12.1. The average molecular weight is 286 g/mol. The molecule has 1 unspecified atom stereocenters. The van der Waals surface area contributed by atoms with Crippen LogP contribution >= 0.6 is 0 Å². The molecule has 1 atom stereocenters. The Hall–Kier alpha value is -1.11. The average Bonchev–Trinajstić information content (AvgIpc) is 2.25. The number of nitrogens with two attached hydrogens (primary N) is 1. The molecule has 0 saturated carbocycles. The molecule has 19 heavy (non-hydrogen) atoms. The van der Waals surface area contributed by atoms with E-state index >= 15 is 0 Å². The molecule has 0 aromatic heterocycles. The predicted molar refractivity (Wildman–Crippen MR) is 76.2 cm³/mol. The van der Waals surface area contributed by atoms with Crippen LogP contribution < -0.4 is 10.5 Å². The Bertz CT molecular complexity index is 527. The molecule has 0 amide bonds. The van der Waals surface area contributed by atoms with Gasteiger partial charge in [0.05, 0.1) is 11.8 Å². The van der Waals surface area contributed by atoms with Crippen molar-refractivity contribution < 1.29 is 13.5 Å². The number of nitrogen functional groups attached to an aromatic ring is 1. The first-order chi connectivity index (χ1) is 8.72. The third kappa shape index (κ3) is 4.81. The molecule has 5 nitrogen and oxygen atoms in total. The number of hydrogen-bond donors (Lipinski definition) is 3. The van der Waals surface area contributed by atoms with Gasteiger partial charge in [-0.1, -0.05) is 19.9 Å². The Balaban J connectivity index is 2.76. The quantitative estimate of drug-likeness (QED) is 0.686. The minimum Gasteiger partial charge on any atom is -0.398 e.